The molecule has 1 saturated carbocycles. The van der Waals surface area contributed by atoms with Gasteiger partial charge < -0.3 is 5.73 Å². The molecule has 3 atom stereocenters. The molecule has 3 unspecified atom stereocenters. The molecule has 2 nitrogen and oxygen atoms in total. The molecule has 1 aliphatic heterocycles. The van der Waals surface area contributed by atoms with Crippen molar-refractivity contribution in [1.82, 2.24) is 4.90 Å². The van der Waals surface area contributed by atoms with Gasteiger partial charge >= 0.3 is 0 Å². The first-order valence-corrected chi connectivity index (χ1v) is 7.29. The van der Waals surface area contributed by atoms with Crippen molar-refractivity contribution in [2.75, 3.05) is 19.6 Å². The van der Waals surface area contributed by atoms with E-state index in [2.05, 4.69) is 11.8 Å². The molecule has 0 amide bonds. The third-order valence-electron chi connectivity index (χ3n) is 4.68. The zero-order valence-corrected chi connectivity index (χ0v) is 10.8. The van der Waals surface area contributed by atoms with Crippen LogP contribution in [0.15, 0.2) is 0 Å². The van der Waals surface area contributed by atoms with E-state index in [1.807, 2.05) is 0 Å². The molecule has 2 fully saturated rings. The Labute approximate surface area is 101 Å². The second-order valence-corrected chi connectivity index (χ2v) is 5.79. The first-order valence-electron chi connectivity index (χ1n) is 7.29. The Hall–Kier alpha value is -0.0800. The number of rotatable bonds is 6. The first-order chi connectivity index (χ1) is 7.85. The molecule has 0 aromatic rings. The van der Waals surface area contributed by atoms with Crippen LogP contribution in [0.25, 0.3) is 0 Å². The Kier molecular flexibility index (Phi) is 4.66. The molecule has 2 N–H and O–H groups in total. The maximum absolute atomic E-state index is 5.94. The molecule has 2 heteroatoms. The molecule has 2 rings (SSSR count). The van der Waals surface area contributed by atoms with Gasteiger partial charge in [-0.3, -0.25) is 4.90 Å². The Morgan fingerprint density at radius 2 is 1.88 bits per heavy atom. The standard InChI is InChI=1S/C14H28N2/c1-2-3-4-8-14(9-15)16-10-12-6-5-7-13(12)11-16/h12-14H,2-11,15H2,1H3. The summed E-state index contributed by atoms with van der Waals surface area (Å²) in [5, 5.41) is 0. The molecule has 1 saturated heterocycles. The molecular formula is C14H28N2. The summed E-state index contributed by atoms with van der Waals surface area (Å²) >= 11 is 0. The van der Waals surface area contributed by atoms with E-state index in [4.69, 9.17) is 5.73 Å². The van der Waals surface area contributed by atoms with Gasteiger partial charge in [-0.15, -0.1) is 0 Å². The van der Waals surface area contributed by atoms with Gasteiger partial charge in [-0.05, 0) is 31.1 Å². The molecule has 94 valence electrons. The lowest BCUT2D eigenvalue weighted by Gasteiger charge is -2.27. The minimum absolute atomic E-state index is 0.678. The van der Waals surface area contributed by atoms with Gasteiger partial charge in [-0.25, -0.2) is 0 Å². The lowest BCUT2D eigenvalue weighted by atomic mass is 10.0. The maximum atomic E-state index is 5.94. The zero-order valence-electron chi connectivity index (χ0n) is 10.8. The summed E-state index contributed by atoms with van der Waals surface area (Å²) in [6.07, 6.45) is 9.82. The van der Waals surface area contributed by atoms with Crippen LogP contribution >= 0.6 is 0 Å². The number of nitrogens with zero attached hydrogens (tertiary/aromatic N) is 1. The molecule has 1 aliphatic carbocycles. The van der Waals surface area contributed by atoms with Crippen molar-refractivity contribution in [3.05, 3.63) is 0 Å². The number of unbranched alkanes of at least 4 members (excludes halogenated alkanes) is 2. The fourth-order valence-electron chi connectivity index (χ4n) is 3.65. The highest BCUT2D eigenvalue weighted by atomic mass is 15.2. The van der Waals surface area contributed by atoms with Gasteiger partial charge in [0.2, 0.25) is 0 Å². The van der Waals surface area contributed by atoms with Crippen LogP contribution in [-0.2, 0) is 0 Å². The van der Waals surface area contributed by atoms with E-state index in [1.165, 1.54) is 58.0 Å². The van der Waals surface area contributed by atoms with Crippen molar-refractivity contribution in [2.45, 2.75) is 57.9 Å². The Balaban J connectivity index is 1.77. The monoisotopic (exact) mass is 224 g/mol. The predicted octanol–water partition coefficient (Wildman–Crippen LogP) is 2.63. The highest BCUT2D eigenvalue weighted by molar-refractivity contribution is 4.91. The number of hydrogen-bond donors (Lipinski definition) is 1. The van der Waals surface area contributed by atoms with Gasteiger partial charge in [0, 0.05) is 25.7 Å². The minimum atomic E-state index is 0.678. The summed E-state index contributed by atoms with van der Waals surface area (Å²) in [5.41, 5.74) is 5.94. The van der Waals surface area contributed by atoms with Gasteiger partial charge in [0.25, 0.3) is 0 Å². The normalized spacial score (nSPS) is 31.9. The fraction of sp³-hybridized carbons (Fsp3) is 1.00. The van der Waals surface area contributed by atoms with Crippen LogP contribution < -0.4 is 5.73 Å². The molecule has 0 bridgehead atoms. The second-order valence-electron chi connectivity index (χ2n) is 5.79. The van der Waals surface area contributed by atoms with E-state index >= 15 is 0 Å². The van der Waals surface area contributed by atoms with Crippen LogP contribution in [0.3, 0.4) is 0 Å². The zero-order chi connectivity index (χ0) is 11.4. The molecule has 1 heterocycles. The molecule has 0 spiro atoms. The van der Waals surface area contributed by atoms with Crippen LogP contribution in [0.2, 0.25) is 0 Å². The lowest BCUT2D eigenvalue weighted by molar-refractivity contribution is 0.214. The quantitative estimate of drug-likeness (QED) is 0.703. The van der Waals surface area contributed by atoms with Gasteiger partial charge in [0.05, 0.1) is 0 Å². The Bertz CT molecular complexity index is 193. The first kappa shape index (κ1) is 12.4. The molecule has 0 aromatic carbocycles. The molecule has 0 radical (unpaired) electrons. The van der Waals surface area contributed by atoms with E-state index in [0.29, 0.717) is 6.04 Å². The third-order valence-corrected chi connectivity index (χ3v) is 4.68. The summed E-state index contributed by atoms with van der Waals surface area (Å²) < 4.78 is 0. The molecule has 16 heavy (non-hydrogen) atoms. The van der Waals surface area contributed by atoms with Crippen molar-refractivity contribution in [2.24, 2.45) is 17.6 Å². The number of likely N-dealkylation sites (tertiary alicyclic amines) is 1. The van der Waals surface area contributed by atoms with Crippen molar-refractivity contribution in [3.8, 4) is 0 Å². The second kappa shape index (κ2) is 6.02. The van der Waals surface area contributed by atoms with Gasteiger partial charge in [0.15, 0.2) is 0 Å². The van der Waals surface area contributed by atoms with Gasteiger partial charge in [0.1, 0.15) is 0 Å². The lowest BCUT2D eigenvalue weighted by Crippen LogP contribution is -2.39. The van der Waals surface area contributed by atoms with Gasteiger partial charge in [-0.2, -0.15) is 0 Å². The summed E-state index contributed by atoms with van der Waals surface area (Å²) in [7, 11) is 0. The summed E-state index contributed by atoms with van der Waals surface area (Å²) in [6.45, 7) is 5.83. The highest BCUT2D eigenvalue weighted by Gasteiger charge is 2.37. The summed E-state index contributed by atoms with van der Waals surface area (Å²) in [5.74, 6) is 2.03. The van der Waals surface area contributed by atoms with Crippen LogP contribution in [0.4, 0.5) is 0 Å². The van der Waals surface area contributed by atoms with Crippen LogP contribution in [0.1, 0.15) is 51.9 Å². The largest absolute Gasteiger partial charge is 0.329 e. The Morgan fingerprint density at radius 3 is 2.44 bits per heavy atom. The van der Waals surface area contributed by atoms with E-state index in [0.717, 1.165) is 18.4 Å². The maximum Gasteiger partial charge on any atom is 0.0218 e. The van der Waals surface area contributed by atoms with E-state index in [9.17, 15) is 0 Å². The number of hydrogen-bond acceptors (Lipinski definition) is 2. The average molecular weight is 224 g/mol. The van der Waals surface area contributed by atoms with Crippen LogP contribution in [0, 0.1) is 11.8 Å². The van der Waals surface area contributed by atoms with Crippen molar-refractivity contribution < 1.29 is 0 Å². The highest BCUT2D eigenvalue weighted by Crippen LogP contribution is 2.38. The average Bonchev–Trinajstić information content (AvgIpc) is 2.84. The van der Waals surface area contributed by atoms with Crippen molar-refractivity contribution in [1.29, 1.82) is 0 Å². The summed E-state index contributed by atoms with van der Waals surface area (Å²) in [4.78, 5) is 2.70. The fourth-order valence-corrected chi connectivity index (χ4v) is 3.65. The molecular weight excluding hydrogens is 196 g/mol. The van der Waals surface area contributed by atoms with Gasteiger partial charge in [-0.1, -0.05) is 32.6 Å². The third kappa shape index (κ3) is 2.78. The van der Waals surface area contributed by atoms with E-state index in [1.54, 1.807) is 0 Å². The predicted molar refractivity (Wildman–Crippen MR) is 69.4 cm³/mol. The minimum Gasteiger partial charge on any atom is -0.329 e. The topological polar surface area (TPSA) is 29.3 Å². The van der Waals surface area contributed by atoms with Crippen LogP contribution in [-0.4, -0.2) is 30.6 Å². The van der Waals surface area contributed by atoms with Crippen molar-refractivity contribution in [3.63, 3.8) is 0 Å². The Morgan fingerprint density at radius 1 is 1.19 bits per heavy atom. The smallest absolute Gasteiger partial charge is 0.0218 e. The SMILES string of the molecule is CCCCCC(CN)N1CC2CCCC2C1. The molecule has 0 aromatic heterocycles. The number of nitrogens with two attached hydrogens (primary N) is 1. The number of fused-ring (bicyclic) bond motifs is 1. The van der Waals surface area contributed by atoms with Crippen molar-refractivity contribution >= 4 is 0 Å². The van der Waals surface area contributed by atoms with E-state index < -0.39 is 0 Å². The van der Waals surface area contributed by atoms with E-state index in [-0.39, 0.29) is 0 Å². The summed E-state index contributed by atoms with van der Waals surface area (Å²) in [6, 6.07) is 0.678. The van der Waals surface area contributed by atoms with Crippen LogP contribution in [0.5, 0.6) is 0 Å². The molecule has 2 aliphatic rings.